The van der Waals surface area contributed by atoms with Gasteiger partial charge in [0, 0.05) is 5.56 Å². The van der Waals surface area contributed by atoms with E-state index in [1.165, 1.54) is 6.33 Å². The van der Waals surface area contributed by atoms with Gasteiger partial charge in [-0.15, -0.1) is 0 Å². The number of nitrogens with one attached hydrogen (secondary N) is 1. The Morgan fingerprint density at radius 1 is 1.18 bits per heavy atom. The molecular formula is C11H8ClN5. The van der Waals surface area contributed by atoms with Crippen molar-refractivity contribution < 1.29 is 0 Å². The lowest BCUT2D eigenvalue weighted by Crippen LogP contribution is -1.91. The van der Waals surface area contributed by atoms with Crippen LogP contribution in [0.2, 0.25) is 5.02 Å². The number of nitrogens with two attached hydrogens (primary N) is 1. The summed E-state index contributed by atoms with van der Waals surface area (Å²) in [4.78, 5) is 15.3. The molecule has 0 saturated carbocycles. The van der Waals surface area contributed by atoms with Crippen molar-refractivity contribution in [1.82, 2.24) is 19.9 Å². The second-order valence-corrected chi connectivity index (χ2v) is 3.93. The Bertz CT molecular complexity index is 691. The normalized spacial score (nSPS) is 10.9. The van der Waals surface area contributed by atoms with Crippen LogP contribution in [0.5, 0.6) is 0 Å². The van der Waals surface area contributed by atoms with Crippen LogP contribution in [-0.2, 0) is 0 Å². The van der Waals surface area contributed by atoms with Crippen molar-refractivity contribution in [2.24, 2.45) is 0 Å². The van der Waals surface area contributed by atoms with E-state index in [1.807, 2.05) is 18.2 Å². The molecule has 0 spiro atoms. The summed E-state index contributed by atoms with van der Waals surface area (Å²) in [5.41, 5.74) is 7.70. The minimum Gasteiger partial charge on any atom is -0.382 e. The molecule has 0 aliphatic rings. The highest BCUT2D eigenvalue weighted by atomic mass is 35.5. The monoisotopic (exact) mass is 245 g/mol. The number of imidazole rings is 1. The third-order valence-electron chi connectivity index (χ3n) is 2.45. The summed E-state index contributed by atoms with van der Waals surface area (Å²) < 4.78 is 0. The predicted molar refractivity (Wildman–Crippen MR) is 66.5 cm³/mol. The molecule has 0 amide bonds. The molecule has 1 aromatic carbocycles. The third kappa shape index (κ3) is 1.60. The number of hydrogen-bond donors (Lipinski definition) is 2. The summed E-state index contributed by atoms with van der Waals surface area (Å²) in [5.74, 6) is 1.01. The number of rotatable bonds is 1. The zero-order chi connectivity index (χ0) is 11.8. The SMILES string of the molecule is Nc1ncnc2nc(-c3ccccc3Cl)[nH]c12. The second-order valence-electron chi connectivity index (χ2n) is 3.52. The van der Waals surface area contributed by atoms with Gasteiger partial charge >= 0.3 is 0 Å². The number of hydrogen-bond acceptors (Lipinski definition) is 4. The Labute approximate surface area is 102 Å². The van der Waals surface area contributed by atoms with Crippen molar-refractivity contribution in [2.45, 2.75) is 0 Å². The summed E-state index contributed by atoms with van der Waals surface area (Å²) in [7, 11) is 0. The molecule has 3 N–H and O–H groups in total. The minimum atomic E-state index is 0.376. The first-order valence-corrected chi connectivity index (χ1v) is 5.34. The lowest BCUT2D eigenvalue weighted by atomic mass is 10.2. The average molecular weight is 246 g/mol. The molecule has 3 rings (SSSR count). The van der Waals surface area contributed by atoms with Crippen LogP contribution in [0.1, 0.15) is 0 Å². The predicted octanol–water partition coefficient (Wildman–Crippen LogP) is 2.26. The zero-order valence-corrected chi connectivity index (χ0v) is 9.44. The van der Waals surface area contributed by atoms with E-state index < -0.39 is 0 Å². The average Bonchev–Trinajstić information content (AvgIpc) is 2.75. The molecule has 2 heterocycles. The number of nitrogens with zero attached hydrogens (tertiary/aromatic N) is 3. The van der Waals surface area contributed by atoms with E-state index in [2.05, 4.69) is 19.9 Å². The molecule has 0 aliphatic carbocycles. The van der Waals surface area contributed by atoms with Crippen LogP contribution in [-0.4, -0.2) is 19.9 Å². The largest absolute Gasteiger partial charge is 0.382 e. The summed E-state index contributed by atoms with van der Waals surface area (Å²) >= 11 is 6.10. The molecule has 3 aromatic rings. The van der Waals surface area contributed by atoms with Crippen LogP contribution in [0, 0.1) is 0 Å². The first-order chi connectivity index (χ1) is 8.25. The van der Waals surface area contributed by atoms with Crippen molar-refractivity contribution in [2.75, 3.05) is 5.73 Å². The van der Waals surface area contributed by atoms with E-state index in [0.717, 1.165) is 5.56 Å². The molecule has 0 fully saturated rings. The first-order valence-electron chi connectivity index (χ1n) is 4.97. The van der Waals surface area contributed by atoms with E-state index in [-0.39, 0.29) is 0 Å². The molecule has 0 radical (unpaired) electrons. The second kappa shape index (κ2) is 3.71. The highest BCUT2D eigenvalue weighted by molar-refractivity contribution is 6.33. The molecule has 84 valence electrons. The zero-order valence-electron chi connectivity index (χ0n) is 8.68. The summed E-state index contributed by atoms with van der Waals surface area (Å²) in [6.45, 7) is 0. The standard InChI is InChI=1S/C11H8ClN5/c12-7-4-2-1-3-6(7)10-16-8-9(13)14-5-15-11(8)17-10/h1-5H,(H3,13,14,15,16,17). The van der Waals surface area contributed by atoms with Gasteiger partial charge in [0.1, 0.15) is 17.7 Å². The van der Waals surface area contributed by atoms with Gasteiger partial charge in [0.25, 0.3) is 0 Å². The number of fused-ring (bicyclic) bond motifs is 1. The van der Waals surface area contributed by atoms with Gasteiger partial charge in [-0.05, 0) is 12.1 Å². The van der Waals surface area contributed by atoms with E-state index in [1.54, 1.807) is 6.07 Å². The lowest BCUT2D eigenvalue weighted by molar-refractivity contribution is 1.21. The van der Waals surface area contributed by atoms with Gasteiger partial charge in [0.15, 0.2) is 11.5 Å². The van der Waals surface area contributed by atoms with Crippen LogP contribution < -0.4 is 5.73 Å². The van der Waals surface area contributed by atoms with E-state index in [0.29, 0.717) is 27.8 Å². The fraction of sp³-hybridized carbons (Fsp3) is 0. The summed E-state index contributed by atoms with van der Waals surface area (Å²) in [6, 6.07) is 7.44. The fourth-order valence-electron chi connectivity index (χ4n) is 1.63. The van der Waals surface area contributed by atoms with Crippen molar-refractivity contribution in [3.05, 3.63) is 35.6 Å². The molecule has 0 atom stereocenters. The Morgan fingerprint density at radius 3 is 2.76 bits per heavy atom. The number of halogens is 1. The minimum absolute atomic E-state index is 0.376. The molecular weight excluding hydrogens is 238 g/mol. The third-order valence-corrected chi connectivity index (χ3v) is 2.78. The van der Waals surface area contributed by atoms with E-state index in [4.69, 9.17) is 17.3 Å². The molecule has 0 saturated heterocycles. The summed E-state index contributed by atoms with van der Waals surface area (Å²) in [5, 5.41) is 0.623. The van der Waals surface area contributed by atoms with E-state index >= 15 is 0 Å². The molecule has 0 unspecified atom stereocenters. The highest BCUT2D eigenvalue weighted by Gasteiger charge is 2.10. The first kappa shape index (κ1) is 10.0. The van der Waals surface area contributed by atoms with Crippen LogP contribution in [0.4, 0.5) is 5.82 Å². The van der Waals surface area contributed by atoms with Gasteiger partial charge in [-0.25, -0.2) is 15.0 Å². The Hall–Kier alpha value is -2.14. The van der Waals surface area contributed by atoms with Gasteiger partial charge in [-0.2, -0.15) is 0 Å². The fourth-order valence-corrected chi connectivity index (χ4v) is 1.85. The Balaban J connectivity index is 2.26. The number of nitrogen functional groups attached to an aromatic ring is 1. The van der Waals surface area contributed by atoms with Gasteiger partial charge < -0.3 is 10.7 Å². The molecule has 5 nitrogen and oxygen atoms in total. The Kier molecular flexibility index (Phi) is 2.19. The molecule has 2 aromatic heterocycles. The number of aromatic amines is 1. The smallest absolute Gasteiger partial charge is 0.183 e. The van der Waals surface area contributed by atoms with Crippen LogP contribution in [0.15, 0.2) is 30.6 Å². The van der Waals surface area contributed by atoms with Crippen LogP contribution >= 0.6 is 11.6 Å². The van der Waals surface area contributed by atoms with Crippen molar-refractivity contribution >= 4 is 28.6 Å². The van der Waals surface area contributed by atoms with Crippen LogP contribution in [0.3, 0.4) is 0 Å². The molecule has 0 aliphatic heterocycles. The van der Waals surface area contributed by atoms with Crippen LogP contribution in [0.25, 0.3) is 22.6 Å². The number of H-pyrrole nitrogens is 1. The summed E-state index contributed by atoms with van der Waals surface area (Å²) in [6.07, 6.45) is 1.38. The maximum absolute atomic E-state index is 6.10. The molecule has 0 bridgehead atoms. The maximum Gasteiger partial charge on any atom is 0.183 e. The number of anilines is 1. The van der Waals surface area contributed by atoms with Crippen molar-refractivity contribution in [1.29, 1.82) is 0 Å². The lowest BCUT2D eigenvalue weighted by Gasteiger charge is -1.98. The van der Waals surface area contributed by atoms with Gasteiger partial charge in [0.2, 0.25) is 0 Å². The number of benzene rings is 1. The van der Waals surface area contributed by atoms with E-state index in [9.17, 15) is 0 Å². The molecule has 17 heavy (non-hydrogen) atoms. The van der Waals surface area contributed by atoms with Gasteiger partial charge in [-0.1, -0.05) is 23.7 Å². The quantitative estimate of drug-likeness (QED) is 0.689. The topological polar surface area (TPSA) is 80.5 Å². The Morgan fingerprint density at radius 2 is 2.00 bits per heavy atom. The van der Waals surface area contributed by atoms with Crippen molar-refractivity contribution in [3.63, 3.8) is 0 Å². The number of aromatic nitrogens is 4. The highest BCUT2D eigenvalue weighted by Crippen LogP contribution is 2.27. The molecule has 6 heteroatoms. The van der Waals surface area contributed by atoms with Crippen molar-refractivity contribution in [3.8, 4) is 11.4 Å². The maximum atomic E-state index is 6.10. The van der Waals surface area contributed by atoms with Gasteiger partial charge in [0.05, 0.1) is 5.02 Å². The van der Waals surface area contributed by atoms with Gasteiger partial charge in [-0.3, -0.25) is 0 Å².